The molecule has 102 valence electrons. The van der Waals surface area contributed by atoms with Crippen LogP contribution in [0.5, 0.6) is 0 Å². The van der Waals surface area contributed by atoms with Crippen LogP contribution >= 0.6 is 0 Å². The molecule has 0 bridgehead atoms. The highest BCUT2D eigenvalue weighted by Crippen LogP contribution is 1.94. The summed E-state index contributed by atoms with van der Waals surface area (Å²) >= 11 is 0. The van der Waals surface area contributed by atoms with E-state index in [9.17, 15) is 0 Å². The fourth-order valence-corrected chi connectivity index (χ4v) is 0. The summed E-state index contributed by atoms with van der Waals surface area (Å²) in [6.07, 6.45) is 0. The second-order valence-corrected chi connectivity index (χ2v) is 6.36. The van der Waals surface area contributed by atoms with E-state index < -0.39 is 16.8 Å². The van der Waals surface area contributed by atoms with Gasteiger partial charge in [0.05, 0.1) is 16.8 Å². The summed E-state index contributed by atoms with van der Waals surface area (Å²) in [5.74, 6) is 0. The standard InChI is InChI=1S/C4H11NO.2C4H10O/c1-4(2,6)3-5;2*1-4(2,3)5/h6H,3,5H2,1-2H3;2*5H,1-3H3. The maximum atomic E-state index is 8.70. The number of nitrogens with two attached hydrogens (primary N) is 1. The van der Waals surface area contributed by atoms with E-state index in [4.69, 9.17) is 21.1 Å². The molecule has 0 spiro atoms. The summed E-state index contributed by atoms with van der Waals surface area (Å²) in [5.41, 5.74) is 3.38. The van der Waals surface area contributed by atoms with E-state index >= 15 is 0 Å². The van der Waals surface area contributed by atoms with Crippen molar-refractivity contribution in [2.75, 3.05) is 6.54 Å². The van der Waals surface area contributed by atoms with Gasteiger partial charge in [0.1, 0.15) is 0 Å². The van der Waals surface area contributed by atoms with Gasteiger partial charge in [-0.3, -0.25) is 0 Å². The predicted octanol–water partition coefficient (Wildman–Crippen LogP) is 1.27. The number of aliphatic hydroxyl groups is 3. The molecule has 0 radical (unpaired) electrons. The fraction of sp³-hybridized carbons (Fsp3) is 1.00. The Morgan fingerprint density at radius 1 is 0.688 bits per heavy atom. The number of rotatable bonds is 1. The lowest BCUT2D eigenvalue weighted by Gasteiger charge is -2.11. The van der Waals surface area contributed by atoms with Crippen molar-refractivity contribution in [3.05, 3.63) is 0 Å². The van der Waals surface area contributed by atoms with E-state index in [-0.39, 0.29) is 0 Å². The second kappa shape index (κ2) is 8.01. The zero-order valence-corrected chi connectivity index (χ0v) is 12.1. The maximum Gasteiger partial charge on any atom is 0.0713 e. The Balaban J connectivity index is -0.000000160. The second-order valence-electron chi connectivity index (χ2n) is 6.36. The minimum atomic E-state index is -0.681. The minimum Gasteiger partial charge on any atom is -0.391 e. The molecule has 0 unspecified atom stereocenters. The molecule has 5 N–H and O–H groups in total. The van der Waals surface area contributed by atoms with Crippen LogP contribution in [0.25, 0.3) is 0 Å². The van der Waals surface area contributed by atoms with Crippen LogP contribution < -0.4 is 5.73 Å². The predicted molar refractivity (Wildman–Crippen MR) is 69.3 cm³/mol. The van der Waals surface area contributed by atoms with Crippen molar-refractivity contribution in [1.29, 1.82) is 0 Å². The van der Waals surface area contributed by atoms with Gasteiger partial charge in [0, 0.05) is 6.54 Å². The van der Waals surface area contributed by atoms with Gasteiger partial charge in [0.25, 0.3) is 0 Å². The molecule has 4 heteroatoms. The van der Waals surface area contributed by atoms with Crippen LogP contribution in [0.15, 0.2) is 0 Å². The molecule has 4 nitrogen and oxygen atoms in total. The summed E-state index contributed by atoms with van der Waals surface area (Å²) in [4.78, 5) is 0. The van der Waals surface area contributed by atoms with E-state index in [1.807, 2.05) is 0 Å². The molecule has 0 aliphatic heterocycles. The smallest absolute Gasteiger partial charge is 0.0713 e. The van der Waals surface area contributed by atoms with Crippen molar-refractivity contribution in [3.63, 3.8) is 0 Å². The number of hydrogen-bond donors (Lipinski definition) is 4. The van der Waals surface area contributed by atoms with Crippen LogP contribution in [0.2, 0.25) is 0 Å². The van der Waals surface area contributed by atoms with Crippen molar-refractivity contribution >= 4 is 0 Å². The molecular formula is C12H31NO3. The molecular weight excluding hydrogens is 206 g/mol. The largest absolute Gasteiger partial charge is 0.391 e. The third-order valence-electron chi connectivity index (χ3n) is 0.500. The Morgan fingerprint density at radius 2 is 0.750 bits per heavy atom. The van der Waals surface area contributed by atoms with E-state index in [0.717, 1.165) is 0 Å². The molecule has 0 rings (SSSR count). The normalized spacial score (nSPS) is 12.0. The molecule has 0 aromatic heterocycles. The van der Waals surface area contributed by atoms with Crippen LogP contribution in [-0.4, -0.2) is 38.7 Å². The van der Waals surface area contributed by atoms with Crippen LogP contribution in [0, 0.1) is 0 Å². The van der Waals surface area contributed by atoms with Crippen molar-refractivity contribution in [2.45, 2.75) is 72.2 Å². The van der Waals surface area contributed by atoms with E-state index in [1.54, 1.807) is 55.4 Å². The lowest BCUT2D eigenvalue weighted by molar-refractivity contribution is 0.0898. The molecule has 0 amide bonds. The van der Waals surface area contributed by atoms with Crippen LogP contribution in [0.1, 0.15) is 55.4 Å². The highest BCUT2D eigenvalue weighted by Gasteiger charge is 2.06. The van der Waals surface area contributed by atoms with Crippen molar-refractivity contribution in [2.24, 2.45) is 5.73 Å². The summed E-state index contributed by atoms with van der Waals surface area (Å²) in [7, 11) is 0. The first kappa shape index (κ1) is 21.2. The van der Waals surface area contributed by atoms with Crippen LogP contribution in [0.3, 0.4) is 0 Å². The first-order valence-corrected chi connectivity index (χ1v) is 5.43. The van der Waals surface area contributed by atoms with Crippen molar-refractivity contribution in [1.82, 2.24) is 0 Å². The quantitative estimate of drug-likeness (QED) is 0.553. The van der Waals surface area contributed by atoms with Gasteiger partial charge in [-0.25, -0.2) is 0 Å². The van der Waals surface area contributed by atoms with Crippen molar-refractivity contribution < 1.29 is 15.3 Å². The average molecular weight is 237 g/mol. The van der Waals surface area contributed by atoms with Gasteiger partial charge >= 0.3 is 0 Å². The maximum absolute atomic E-state index is 8.70. The van der Waals surface area contributed by atoms with Crippen molar-refractivity contribution in [3.8, 4) is 0 Å². The molecule has 16 heavy (non-hydrogen) atoms. The monoisotopic (exact) mass is 237 g/mol. The molecule has 0 fully saturated rings. The topological polar surface area (TPSA) is 86.7 Å². The van der Waals surface area contributed by atoms with Crippen LogP contribution in [-0.2, 0) is 0 Å². The molecule has 0 aromatic rings. The molecule has 0 aromatic carbocycles. The lowest BCUT2D eigenvalue weighted by atomic mass is 10.1. The van der Waals surface area contributed by atoms with Gasteiger partial charge in [-0.2, -0.15) is 0 Å². The number of hydrogen-bond acceptors (Lipinski definition) is 4. The third-order valence-corrected chi connectivity index (χ3v) is 0.500. The minimum absolute atomic E-state index is 0.326. The highest BCUT2D eigenvalue weighted by atomic mass is 16.3. The molecule has 0 heterocycles. The van der Waals surface area contributed by atoms with Gasteiger partial charge in [0.15, 0.2) is 0 Å². The Hall–Kier alpha value is -0.160. The zero-order chi connectivity index (χ0) is 14.2. The highest BCUT2D eigenvalue weighted by molar-refractivity contribution is 4.63. The summed E-state index contributed by atoms with van der Waals surface area (Å²) < 4.78 is 0. The Morgan fingerprint density at radius 3 is 0.750 bits per heavy atom. The first-order chi connectivity index (χ1) is 6.56. The summed E-state index contributed by atoms with van der Waals surface area (Å²) in [6.45, 7) is 14.1. The average Bonchev–Trinajstić information content (AvgIpc) is 1.77. The van der Waals surface area contributed by atoms with Gasteiger partial charge < -0.3 is 21.1 Å². The first-order valence-electron chi connectivity index (χ1n) is 5.43. The molecule has 0 saturated heterocycles. The Bertz CT molecular complexity index is 125. The SMILES string of the molecule is CC(C)(C)O.CC(C)(C)O.CC(C)(O)CN. The molecule has 0 aliphatic carbocycles. The molecule has 0 atom stereocenters. The third kappa shape index (κ3) is 283. The van der Waals surface area contributed by atoms with Gasteiger partial charge in [-0.1, -0.05) is 0 Å². The lowest BCUT2D eigenvalue weighted by Crippen LogP contribution is -2.29. The van der Waals surface area contributed by atoms with Gasteiger partial charge in [-0.05, 0) is 55.4 Å². The summed E-state index contributed by atoms with van der Waals surface area (Å²) in [6, 6.07) is 0. The van der Waals surface area contributed by atoms with E-state index in [1.165, 1.54) is 0 Å². The Labute approximate surface area is 100 Å². The fourth-order valence-electron chi connectivity index (χ4n) is 0. The zero-order valence-electron chi connectivity index (χ0n) is 12.1. The van der Waals surface area contributed by atoms with Crippen LogP contribution in [0.4, 0.5) is 0 Å². The van der Waals surface area contributed by atoms with Gasteiger partial charge in [-0.15, -0.1) is 0 Å². The molecule has 0 aliphatic rings. The van der Waals surface area contributed by atoms with Gasteiger partial charge in [0.2, 0.25) is 0 Å². The van der Waals surface area contributed by atoms with E-state index in [0.29, 0.717) is 6.54 Å². The van der Waals surface area contributed by atoms with E-state index in [2.05, 4.69) is 0 Å². The molecule has 0 saturated carbocycles. The Kier molecular flexibility index (Phi) is 10.6. The summed E-state index contributed by atoms with van der Waals surface area (Å²) in [5, 5.41) is 25.7.